The first kappa shape index (κ1) is 14.9. The van der Waals surface area contributed by atoms with Gasteiger partial charge in [-0.25, -0.2) is 4.98 Å². The molecule has 0 saturated carbocycles. The molecule has 0 N–H and O–H groups in total. The van der Waals surface area contributed by atoms with E-state index in [1.807, 2.05) is 0 Å². The van der Waals surface area contributed by atoms with E-state index >= 15 is 0 Å². The minimum Gasteiger partial charge on any atom is -0.354 e. The van der Waals surface area contributed by atoms with Crippen LogP contribution in [0, 0.1) is 0 Å². The molecule has 0 atom stereocenters. The smallest absolute Gasteiger partial charge is 0.201 e. The van der Waals surface area contributed by atoms with Crippen molar-refractivity contribution in [3.8, 4) is 0 Å². The summed E-state index contributed by atoms with van der Waals surface area (Å²) >= 11 is 0. The van der Waals surface area contributed by atoms with Crippen molar-refractivity contribution in [3.63, 3.8) is 0 Å². The predicted molar refractivity (Wildman–Crippen MR) is 90.7 cm³/mol. The van der Waals surface area contributed by atoms with E-state index in [0.29, 0.717) is 13.2 Å². The van der Waals surface area contributed by atoms with Crippen molar-refractivity contribution in [1.82, 2.24) is 9.88 Å². The second-order valence-electron chi connectivity index (χ2n) is 6.09. The van der Waals surface area contributed by atoms with Gasteiger partial charge < -0.3 is 19.3 Å². The SMILES string of the molecule is CCN1CCN(c2nc(C3OCCO3)cc3ccccc23)CC1. The summed E-state index contributed by atoms with van der Waals surface area (Å²) in [6.07, 6.45) is -0.324. The Kier molecular flexibility index (Phi) is 4.16. The highest BCUT2D eigenvalue weighted by atomic mass is 16.7. The quantitative estimate of drug-likeness (QED) is 0.870. The zero-order valence-corrected chi connectivity index (χ0v) is 13.6. The molecule has 2 aliphatic rings. The number of likely N-dealkylation sites (N-methyl/N-ethyl adjacent to an activating group) is 1. The van der Waals surface area contributed by atoms with Crippen LogP contribution in [0.25, 0.3) is 10.8 Å². The first-order chi connectivity index (χ1) is 11.3. The molecule has 2 aliphatic heterocycles. The highest BCUT2D eigenvalue weighted by molar-refractivity contribution is 5.92. The van der Waals surface area contributed by atoms with Gasteiger partial charge in [0.1, 0.15) is 5.82 Å². The second kappa shape index (κ2) is 6.43. The number of fused-ring (bicyclic) bond motifs is 1. The predicted octanol–water partition coefficient (Wildman–Crippen LogP) is 2.42. The van der Waals surface area contributed by atoms with Crippen molar-refractivity contribution in [2.24, 2.45) is 0 Å². The Morgan fingerprint density at radius 2 is 1.83 bits per heavy atom. The average molecular weight is 313 g/mol. The van der Waals surface area contributed by atoms with E-state index in [1.54, 1.807) is 0 Å². The zero-order valence-electron chi connectivity index (χ0n) is 13.6. The number of nitrogens with zero attached hydrogens (tertiary/aromatic N) is 3. The summed E-state index contributed by atoms with van der Waals surface area (Å²) in [5, 5.41) is 2.41. The fourth-order valence-corrected chi connectivity index (χ4v) is 3.37. The Labute approximate surface area is 136 Å². The third kappa shape index (κ3) is 2.92. The van der Waals surface area contributed by atoms with Crippen molar-refractivity contribution in [2.45, 2.75) is 13.2 Å². The molecule has 5 nitrogen and oxygen atoms in total. The number of piperazine rings is 1. The summed E-state index contributed by atoms with van der Waals surface area (Å²) in [7, 11) is 0. The minimum absolute atomic E-state index is 0.324. The monoisotopic (exact) mass is 313 g/mol. The van der Waals surface area contributed by atoms with Gasteiger partial charge in [-0.1, -0.05) is 31.2 Å². The van der Waals surface area contributed by atoms with Gasteiger partial charge in [-0.2, -0.15) is 0 Å². The maximum Gasteiger partial charge on any atom is 0.201 e. The summed E-state index contributed by atoms with van der Waals surface area (Å²) in [6.45, 7) is 8.83. The molecule has 0 radical (unpaired) electrons. The third-order valence-corrected chi connectivity index (χ3v) is 4.72. The summed E-state index contributed by atoms with van der Waals surface area (Å²) in [6, 6.07) is 10.5. The van der Waals surface area contributed by atoms with Gasteiger partial charge >= 0.3 is 0 Å². The number of aromatic nitrogens is 1. The number of pyridine rings is 1. The molecule has 0 aliphatic carbocycles. The van der Waals surface area contributed by atoms with Crippen molar-refractivity contribution in [3.05, 3.63) is 36.0 Å². The molecular formula is C18H23N3O2. The lowest BCUT2D eigenvalue weighted by molar-refractivity contribution is -0.0471. The molecule has 2 aromatic rings. The molecule has 0 amide bonds. The molecule has 0 unspecified atom stereocenters. The van der Waals surface area contributed by atoms with Crippen LogP contribution in [-0.2, 0) is 9.47 Å². The lowest BCUT2D eigenvalue weighted by Gasteiger charge is -2.35. The van der Waals surface area contributed by atoms with Crippen molar-refractivity contribution < 1.29 is 9.47 Å². The van der Waals surface area contributed by atoms with Gasteiger partial charge in [0.25, 0.3) is 0 Å². The maximum absolute atomic E-state index is 5.65. The van der Waals surface area contributed by atoms with Crippen LogP contribution >= 0.6 is 0 Å². The van der Waals surface area contributed by atoms with Gasteiger partial charge in [0.15, 0.2) is 0 Å². The molecule has 4 rings (SSSR count). The van der Waals surface area contributed by atoms with Crippen LogP contribution in [0.3, 0.4) is 0 Å². The summed E-state index contributed by atoms with van der Waals surface area (Å²) < 4.78 is 11.3. The van der Waals surface area contributed by atoms with E-state index in [9.17, 15) is 0 Å². The minimum atomic E-state index is -0.324. The van der Waals surface area contributed by atoms with Crippen LogP contribution in [0.15, 0.2) is 30.3 Å². The molecular weight excluding hydrogens is 290 g/mol. The molecule has 1 aromatic carbocycles. The Hall–Kier alpha value is -1.69. The number of anilines is 1. The second-order valence-corrected chi connectivity index (χ2v) is 6.09. The van der Waals surface area contributed by atoms with Crippen LogP contribution < -0.4 is 4.90 Å². The van der Waals surface area contributed by atoms with Crippen LogP contribution in [0.4, 0.5) is 5.82 Å². The standard InChI is InChI=1S/C18H23N3O2/c1-2-20-7-9-21(10-8-20)17-15-6-4-3-5-14(15)13-16(19-17)18-22-11-12-23-18/h3-6,13,18H,2,7-12H2,1H3. The molecule has 1 aromatic heterocycles. The fraction of sp³-hybridized carbons (Fsp3) is 0.500. The largest absolute Gasteiger partial charge is 0.354 e. The van der Waals surface area contributed by atoms with Gasteiger partial charge in [0, 0.05) is 31.6 Å². The topological polar surface area (TPSA) is 37.8 Å². The molecule has 0 spiro atoms. The van der Waals surface area contributed by atoms with Gasteiger partial charge in [-0.15, -0.1) is 0 Å². The molecule has 122 valence electrons. The number of hydrogen-bond donors (Lipinski definition) is 0. The van der Waals surface area contributed by atoms with E-state index in [-0.39, 0.29) is 6.29 Å². The van der Waals surface area contributed by atoms with Gasteiger partial charge in [-0.3, -0.25) is 0 Å². The molecule has 3 heterocycles. The van der Waals surface area contributed by atoms with E-state index in [0.717, 1.165) is 44.2 Å². The van der Waals surface area contributed by atoms with Crippen molar-refractivity contribution in [2.75, 3.05) is 50.8 Å². The fourth-order valence-electron chi connectivity index (χ4n) is 3.37. The van der Waals surface area contributed by atoms with E-state index < -0.39 is 0 Å². The molecule has 2 fully saturated rings. The van der Waals surface area contributed by atoms with E-state index in [2.05, 4.69) is 47.1 Å². The summed E-state index contributed by atoms with van der Waals surface area (Å²) in [5.74, 6) is 1.06. The maximum atomic E-state index is 5.65. The average Bonchev–Trinajstić information content (AvgIpc) is 3.15. The van der Waals surface area contributed by atoms with Crippen molar-refractivity contribution in [1.29, 1.82) is 0 Å². The molecule has 5 heteroatoms. The third-order valence-electron chi connectivity index (χ3n) is 4.72. The van der Waals surface area contributed by atoms with Gasteiger partial charge in [0.05, 0.1) is 18.9 Å². The Morgan fingerprint density at radius 1 is 1.09 bits per heavy atom. The van der Waals surface area contributed by atoms with Crippen LogP contribution in [0.5, 0.6) is 0 Å². The zero-order chi connectivity index (χ0) is 15.6. The summed E-state index contributed by atoms with van der Waals surface area (Å²) in [4.78, 5) is 9.79. The first-order valence-corrected chi connectivity index (χ1v) is 8.45. The van der Waals surface area contributed by atoms with Crippen LogP contribution in [-0.4, -0.2) is 55.8 Å². The normalized spacial score (nSPS) is 20.5. The van der Waals surface area contributed by atoms with Gasteiger partial charge in [0.2, 0.25) is 6.29 Å². The first-order valence-electron chi connectivity index (χ1n) is 8.45. The van der Waals surface area contributed by atoms with E-state index in [1.165, 1.54) is 10.8 Å². The highest BCUT2D eigenvalue weighted by Gasteiger charge is 2.24. The lowest BCUT2D eigenvalue weighted by Crippen LogP contribution is -2.46. The lowest BCUT2D eigenvalue weighted by atomic mass is 10.1. The Balaban J connectivity index is 1.71. The van der Waals surface area contributed by atoms with Crippen LogP contribution in [0.2, 0.25) is 0 Å². The number of ether oxygens (including phenoxy) is 2. The Bertz CT molecular complexity index is 677. The van der Waals surface area contributed by atoms with Crippen molar-refractivity contribution >= 4 is 16.6 Å². The van der Waals surface area contributed by atoms with Gasteiger partial charge in [-0.05, 0) is 18.0 Å². The molecule has 2 saturated heterocycles. The number of rotatable bonds is 3. The molecule has 23 heavy (non-hydrogen) atoms. The summed E-state index contributed by atoms with van der Waals surface area (Å²) in [5.41, 5.74) is 0.883. The number of benzene rings is 1. The van der Waals surface area contributed by atoms with Crippen LogP contribution in [0.1, 0.15) is 18.9 Å². The highest BCUT2D eigenvalue weighted by Crippen LogP contribution is 2.31. The Morgan fingerprint density at radius 3 is 2.57 bits per heavy atom. The number of hydrogen-bond acceptors (Lipinski definition) is 5. The van der Waals surface area contributed by atoms with E-state index in [4.69, 9.17) is 14.5 Å². The molecule has 0 bridgehead atoms.